The van der Waals surface area contributed by atoms with Crippen LogP contribution in [0.5, 0.6) is 0 Å². The summed E-state index contributed by atoms with van der Waals surface area (Å²) in [7, 11) is 0. The zero-order valence-electron chi connectivity index (χ0n) is 7.82. The number of halogens is 2. The third-order valence-corrected chi connectivity index (χ3v) is 2.67. The first-order valence-electron chi connectivity index (χ1n) is 4.41. The Morgan fingerprint density at radius 3 is 2.53 bits per heavy atom. The van der Waals surface area contributed by atoms with Crippen molar-refractivity contribution < 1.29 is 0 Å². The fourth-order valence-corrected chi connectivity index (χ4v) is 1.72. The summed E-state index contributed by atoms with van der Waals surface area (Å²) in [5, 5.41) is 5.41. The predicted octanol–water partition coefficient (Wildman–Crippen LogP) is 2.64. The molecule has 0 saturated heterocycles. The van der Waals surface area contributed by atoms with Crippen LogP contribution in [0.2, 0.25) is 10.0 Å². The molecule has 15 heavy (non-hydrogen) atoms. The van der Waals surface area contributed by atoms with Gasteiger partial charge in [-0.1, -0.05) is 35.3 Å². The Morgan fingerprint density at radius 2 is 1.93 bits per heavy atom. The van der Waals surface area contributed by atoms with Crippen LogP contribution in [0.25, 0.3) is 5.69 Å². The summed E-state index contributed by atoms with van der Waals surface area (Å²) in [6, 6.07) is 7.42. The molecule has 1 aromatic carbocycles. The summed E-state index contributed by atoms with van der Waals surface area (Å²) in [6.45, 7) is 0.316. The molecule has 0 aliphatic carbocycles. The van der Waals surface area contributed by atoms with E-state index in [1.54, 1.807) is 16.9 Å². The number of para-hydroxylation sites is 1. The molecule has 0 unspecified atom stereocenters. The fourth-order valence-electron chi connectivity index (χ4n) is 1.29. The average molecular weight is 242 g/mol. The minimum absolute atomic E-state index is 0.316. The van der Waals surface area contributed by atoms with Crippen LogP contribution in [0.15, 0.2) is 30.5 Å². The lowest BCUT2D eigenvalue weighted by atomic mass is 10.3. The zero-order valence-corrected chi connectivity index (χ0v) is 9.33. The largest absolute Gasteiger partial charge is 0.325 e. The van der Waals surface area contributed by atoms with Gasteiger partial charge in [0.1, 0.15) is 0 Å². The van der Waals surface area contributed by atoms with E-state index in [0.29, 0.717) is 22.3 Å². The van der Waals surface area contributed by atoms with E-state index in [1.165, 1.54) is 0 Å². The summed E-state index contributed by atoms with van der Waals surface area (Å²) < 4.78 is 1.63. The van der Waals surface area contributed by atoms with Gasteiger partial charge in [0.25, 0.3) is 0 Å². The lowest BCUT2D eigenvalue weighted by Crippen LogP contribution is -2.00. The van der Waals surface area contributed by atoms with Gasteiger partial charge in [0.2, 0.25) is 0 Å². The van der Waals surface area contributed by atoms with Crippen LogP contribution in [0.4, 0.5) is 0 Å². The Balaban J connectivity index is 2.50. The van der Waals surface area contributed by atoms with Gasteiger partial charge in [-0.05, 0) is 12.1 Å². The van der Waals surface area contributed by atoms with Crippen molar-refractivity contribution in [1.82, 2.24) is 9.78 Å². The number of rotatable bonds is 2. The second kappa shape index (κ2) is 4.23. The van der Waals surface area contributed by atoms with Gasteiger partial charge in [-0.25, -0.2) is 4.68 Å². The number of nitrogens with two attached hydrogens (primary N) is 1. The molecule has 0 bridgehead atoms. The van der Waals surface area contributed by atoms with E-state index in [2.05, 4.69) is 5.10 Å². The van der Waals surface area contributed by atoms with Gasteiger partial charge in [0.15, 0.2) is 0 Å². The lowest BCUT2D eigenvalue weighted by Gasteiger charge is -2.02. The third kappa shape index (κ3) is 2.00. The lowest BCUT2D eigenvalue weighted by molar-refractivity contribution is 0.834. The van der Waals surface area contributed by atoms with Crippen molar-refractivity contribution in [2.45, 2.75) is 6.54 Å². The minimum Gasteiger partial charge on any atom is -0.325 e. The Kier molecular flexibility index (Phi) is 2.95. The molecule has 1 heterocycles. The Bertz CT molecular complexity index is 479. The molecule has 2 N–H and O–H groups in total. The van der Waals surface area contributed by atoms with Gasteiger partial charge in [0.05, 0.1) is 21.4 Å². The third-order valence-electron chi connectivity index (χ3n) is 2.03. The molecule has 0 radical (unpaired) electrons. The van der Waals surface area contributed by atoms with Crippen LogP contribution < -0.4 is 5.73 Å². The van der Waals surface area contributed by atoms with Crippen molar-refractivity contribution in [2.75, 3.05) is 0 Å². The van der Waals surface area contributed by atoms with Crippen molar-refractivity contribution in [1.29, 1.82) is 0 Å². The monoisotopic (exact) mass is 241 g/mol. The molecule has 0 amide bonds. The number of hydrogen-bond donors (Lipinski definition) is 1. The maximum Gasteiger partial charge on any atom is 0.0950 e. The summed E-state index contributed by atoms with van der Waals surface area (Å²) in [4.78, 5) is 0. The molecule has 0 aliphatic rings. The normalized spacial score (nSPS) is 10.6. The zero-order chi connectivity index (χ0) is 10.8. The first kappa shape index (κ1) is 10.5. The van der Waals surface area contributed by atoms with Crippen molar-refractivity contribution >= 4 is 23.2 Å². The van der Waals surface area contributed by atoms with Crippen LogP contribution in [0.3, 0.4) is 0 Å². The van der Waals surface area contributed by atoms with Crippen molar-refractivity contribution in [3.05, 3.63) is 46.2 Å². The SMILES string of the molecule is NCc1nn(-c2ccccc2Cl)cc1Cl. The molecule has 0 saturated carbocycles. The van der Waals surface area contributed by atoms with Crippen molar-refractivity contribution in [3.63, 3.8) is 0 Å². The Morgan fingerprint density at radius 1 is 1.20 bits per heavy atom. The second-order valence-corrected chi connectivity index (χ2v) is 3.84. The van der Waals surface area contributed by atoms with Gasteiger partial charge in [-0.3, -0.25) is 0 Å². The van der Waals surface area contributed by atoms with Gasteiger partial charge in [0, 0.05) is 12.7 Å². The van der Waals surface area contributed by atoms with Crippen LogP contribution in [0.1, 0.15) is 5.69 Å². The fraction of sp³-hybridized carbons (Fsp3) is 0.100. The van der Waals surface area contributed by atoms with E-state index in [1.807, 2.05) is 18.2 Å². The highest BCUT2D eigenvalue weighted by Gasteiger charge is 2.08. The highest BCUT2D eigenvalue weighted by Crippen LogP contribution is 2.22. The van der Waals surface area contributed by atoms with E-state index >= 15 is 0 Å². The van der Waals surface area contributed by atoms with E-state index in [9.17, 15) is 0 Å². The smallest absolute Gasteiger partial charge is 0.0950 e. The minimum atomic E-state index is 0.316. The van der Waals surface area contributed by atoms with Crippen LogP contribution in [-0.4, -0.2) is 9.78 Å². The number of hydrogen-bond acceptors (Lipinski definition) is 2. The summed E-state index contributed by atoms with van der Waals surface area (Å²) in [5.74, 6) is 0. The highest BCUT2D eigenvalue weighted by molar-refractivity contribution is 6.32. The molecule has 78 valence electrons. The summed E-state index contributed by atoms with van der Waals surface area (Å²) in [6.07, 6.45) is 1.70. The van der Waals surface area contributed by atoms with Crippen molar-refractivity contribution in [2.24, 2.45) is 5.73 Å². The van der Waals surface area contributed by atoms with E-state index < -0.39 is 0 Å². The summed E-state index contributed by atoms with van der Waals surface area (Å²) in [5.41, 5.74) is 6.94. The number of aromatic nitrogens is 2. The molecule has 2 rings (SSSR count). The topological polar surface area (TPSA) is 43.8 Å². The number of benzene rings is 1. The summed E-state index contributed by atoms with van der Waals surface area (Å²) >= 11 is 12.0. The first-order valence-corrected chi connectivity index (χ1v) is 5.17. The molecular formula is C10H9Cl2N3. The molecule has 3 nitrogen and oxygen atoms in total. The van der Waals surface area contributed by atoms with Gasteiger partial charge in [-0.2, -0.15) is 5.10 Å². The molecule has 0 fully saturated rings. The van der Waals surface area contributed by atoms with Crippen molar-refractivity contribution in [3.8, 4) is 5.69 Å². The maximum atomic E-state index is 6.03. The van der Waals surface area contributed by atoms with Crippen LogP contribution in [0, 0.1) is 0 Å². The average Bonchev–Trinajstić information content (AvgIpc) is 2.60. The molecular weight excluding hydrogens is 233 g/mol. The van der Waals surface area contributed by atoms with E-state index in [0.717, 1.165) is 5.69 Å². The Hall–Kier alpha value is -1.03. The molecule has 5 heteroatoms. The van der Waals surface area contributed by atoms with Gasteiger partial charge < -0.3 is 5.73 Å². The number of nitrogens with zero attached hydrogens (tertiary/aromatic N) is 2. The van der Waals surface area contributed by atoms with Crippen LogP contribution >= 0.6 is 23.2 Å². The Labute approximate surface area is 97.4 Å². The quantitative estimate of drug-likeness (QED) is 0.879. The first-order chi connectivity index (χ1) is 7.22. The standard InChI is InChI=1S/C10H9Cl2N3/c11-7-3-1-2-4-10(7)15-6-8(12)9(5-13)14-15/h1-4,6H,5,13H2. The van der Waals surface area contributed by atoms with Gasteiger partial charge >= 0.3 is 0 Å². The maximum absolute atomic E-state index is 6.03. The van der Waals surface area contributed by atoms with E-state index in [4.69, 9.17) is 28.9 Å². The molecule has 0 atom stereocenters. The van der Waals surface area contributed by atoms with Crippen LogP contribution in [-0.2, 0) is 6.54 Å². The molecule has 0 spiro atoms. The molecule has 0 aliphatic heterocycles. The highest BCUT2D eigenvalue weighted by atomic mass is 35.5. The van der Waals surface area contributed by atoms with Gasteiger partial charge in [-0.15, -0.1) is 0 Å². The second-order valence-electron chi connectivity index (χ2n) is 3.02. The molecule has 1 aromatic heterocycles. The molecule has 2 aromatic rings. The van der Waals surface area contributed by atoms with E-state index in [-0.39, 0.29) is 0 Å². The predicted molar refractivity (Wildman–Crippen MR) is 61.5 cm³/mol.